The molecule has 23 aromatic carbocycles. The molecule has 23 aromatic rings. The van der Waals surface area contributed by atoms with Gasteiger partial charge in [-0.1, -0.05) is 412 Å². The zero-order valence-electron chi connectivity index (χ0n) is 84.7. The van der Waals surface area contributed by atoms with Gasteiger partial charge < -0.3 is 29.4 Å². The van der Waals surface area contributed by atoms with E-state index in [1.807, 2.05) is 0 Å². The molecular formula is C142H120N6. The van der Waals surface area contributed by atoms with Gasteiger partial charge in [0.25, 0.3) is 0 Å². The summed E-state index contributed by atoms with van der Waals surface area (Å²) in [5.74, 6) is 1.58. The molecule has 0 heterocycles. The van der Waals surface area contributed by atoms with Crippen LogP contribution in [0.1, 0.15) is 95.2 Å². The first-order valence-corrected chi connectivity index (χ1v) is 52.0. The van der Waals surface area contributed by atoms with Crippen LogP contribution in [0.3, 0.4) is 0 Å². The highest BCUT2D eigenvalue weighted by Gasteiger charge is 2.26. The van der Waals surface area contributed by atoms with E-state index < -0.39 is 0 Å². The van der Waals surface area contributed by atoms with E-state index in [0.29, 0.717) is 17.8 Å². The number of hydrogen-bond acceptors (Lipinski definition) is 6. The zero-order valence-corrected chi connectivity index (χ0v) is 84.7. The summed E-state index contributed by atoms with van der Waals surface area (Å²) in [4.78, 5) is 14.2. The van der Waals surface area contributed by atoms with Gasteiger partial charge in [-0.05, 0) is 314 Å². The van der Waals surface area contributed by atoms with Crippen molar-refractivity contribution in [1.29, 1.82) is 0 Å². The zero-order chi connectivity index (χ0) is 100. The smallest absolute Gasteiger partial charge is 0.0540 e. The highest BCUT2D eigenvalue weighted by Crippen LogP contribution is 2.49. The Morgan fingerprint density at radius 3 is 0.466 bits per heavy atom. The maximum atomic E-state index is 2.39. The van der Waals surface area contributed by atoms with Crippen molar-refractivity contribution >= 4 is 145 Å². The Kier molecular flexibility index (Phi) is 29.4. The Balaban J connectivity index is 0.000000130. The first-order valence-electron chi connectivity index (χ1n) is 52.0. The van der Waals surface area contributed by atoms with Crippen LogP contribution in [0.4, 0.5) is 102 Å². The molecule has 0 radical (unpaired) electrons. The quantitative estimate of drug-likeness (QED) is 0.0483. The van der Waals surface area contributed by atoms with Crippen LogP contribution < -0.4 is 29.4 Å². The van der Waals surface area contributed by atoms with Gasteiger partial charge in [-0.25, -0.2) is 0 Å². The van der Waals surface area contributed by atoms with Crippen molar-refractivity contribution in [2.45, 2.75) is 78.6 Å². The SMILES string of the molecule is CCC(C)c1ccc(N(c2ccc(N(c3ccc(-c4ccccc4)cc3)c3ccc(-c4ccccc4)cc3)cc2)c2cccc3ccccc23)cc1.CCC(C)c1ccc(N(c2ccc(N(c3ccc(-c4ccccc4)cc3)c3cccc4ccccc34)cc2)c2cccc3ccccc23)cc1.CCC(C)c1ccc(N(c2ccc(N(c3ccccc3)c3ccc(-c4ccccc4)cc3)cc2)c2cccc3ccccc23)cc1. The number of nitrogens with zero attached hydrogens (tertiary/aromatic N) is 6. The van der Waals surface area contributed by atoms with E-state index in [-0.39, 0.29) is 0 Å². The molecular weight excluding hydrogens is 1790 g/mol. The molecule has 0 saturated heterocycles. The Hall–Kier alpha value is -18.1. The lowest BCUT2D eigenvalue weighted by molar-refractivity contribution is 0.733. The summed E-state index contributed by atoms with van der Waals surface area (Å²) in [6.07, 6.45) is 3.37. The monoisotopic (exact) mass is 1910 g/mol. The fourth-order valence-corrected chi connectivity index (χ4v) is 20.3. The molecule has 0 aliphatic carbocycles. The largest absolute Gasteiger partial charge is 0.311 e. The van der Waals surface area contributed by atoms with E-state index in [9.17, 15) is 0 Å². The first kappa shape index (κ1) is 96.1. The minimum absolute atomic E-state index is 0.522. The number of anilines is 18. The third kappa shape index (κ3) is 21.2. The Morgan fingerprint density at radius 1 is 0.128 bits per heavy atom. The molecule has 0 aromatic heterocycles. The van der Waals surface area contributed by atoms with Gasteiger partial charge in [0.2, 0.25) is 0 Å². The number of rotatable bonds is 28. The molecule has 6 heteroatoms. The van der Waals surface area contributed by atoms with Crippen LogP contribution in [0.25, 0.3) is 87.6 Å². The molecule has 0 amide bonds. The first-order chi connectivity index (χ1) is 73.0. The summed E-state index contributed by atoms with van der Waals surface area (Å²) < 4.78 is 0. The minimum atomic E-state index is 0.522. The van der Waals surface area contributed by atoms with Crippen LogP contribution in [-0.4, -0.2) is 0 Å². The minimum Gasteiger partial charge on any atom is -0.311 e. The lowest BCUT2D eigenvalue weighted by Gasteiger charge is -2.30. The second-order valence-electron chi connectivity index (χ2n) is 38.2. The van der Waals surface area contributed by atoms with Gasteiger partial charge in [0.1, 0.15) is 0 Å². The van der Waals surface area contributed by atoms with Gasteiger partial charge in [0.15, 0.2) is 0 Å². The topological polar surface area (TPSA) is 19.4 Å². The van der Waals surface area contributed by atoms with Crippen molar-refractivity contribution in [3.8, 4) is 44.5 Å². The van der Waals surface area contributed by atoms with Crippen molar-refractivity contribution < 1.29 is 0 Å². The van der Waals surface area contributed by atoms with E-state index in [0.717, 1.165) is 116 Å². The Morgan fingerprint density at radius 2 is 0.270 bits per heavy atom. The van der Waals surface area contributed by atoms with Gasteiger partial charge in [-0.2, -0.15) is 0 Å². The number of fused-ring (bicyclic) bond motifs is 4. The third-order valence-corrected chi connectivity index (χ3v) is 29.1. The highest BCUT2D eigenvalue weighted by atomic mass is 15.2. The third-order valence-electron chi connectivity index (χ3n) is 29.1. The van der Waals surface area contributed by atoms with E-state index in [1.54, 1.807) is 0 Å². The van der Waals surface area contributed by atoms with Gasteiger partial charge in [0.05, 0.1) is 22.7 Å². The maximum absolute atomic E-state index is 2.39. The van der Waals surface area contributed by atoms with Crippen LogP contribution in [0.15, 0.2) is 564 Å². The van der Waals surface area contributed by atoms with E-state index >= 15 is 0 Å². The second kappa shape index (κ2) is 45.2. The molecule has 3 unspecified atom stereocenters. The number of hydrogen-bond donors (Lipinski definition) is 0. The molecule has 148 heavy (non-hydrogen) atoms. The van der Waals surface area contributed by atoms with Crippen LogP contribution in [0.5, 0.6) is 0 Å². The fourth-order valence-electron chi connectivity index (χ4n) is 20.3. The summed E-state index contributed by atoms with van der Waals surface area (Å²) in [7, 11) is 0. The van der Waals surface area contributed by atoms with Crippen LogP contribution in [0, 0.1) is 0 Å². The highest BCUT2D eigenvalue weighted by molar-refractivity contribution is 6.04. The summed E-state index contributed by atoms with van der Waals surface area (Å²) in [6.45, 7) is 13.6. The van der Waals surface area contributed by atoms with E-state index in [1.165, 1.54) is 110 Å². The average molecular weight is 1910 g/mol. The van der Waals surface area contributed by atoms with Crippen LogP contribution >= 0.6 is 0 Å². The second-order valence-corrected chi connectivity index (χ2v) is 38.2. The molecule has 0 saturated carbocycles. The summed E-state index contributed by atoms with van der Waals surface area (Å²) >= 11 is 0. The Bertz CT molecular complexity index is 8200. The molecule has 0 N–H and O–H groups in total. The molecule has 23 rings (SSSR count). The molecule has 3 atom stereocenters. The van der Waals surface area contributed by atoms with Crippen molar-refractivity contribution in [1.82, 2.24) is 0 Å². The fraction of sp³-hybridized carbons (Fsp3) is 0.0845. The lowest BCUT2D eigenvalue weighted by atomic mass is 9.98. The van der Waals surface area contributed by atoms with Crippen molar-refractivity contribution in [3.63, 3.8) is 0 Å². The van der Waals surface area contributed by atoms with E-state index in [4.69, 9.17) is 0 Å². The lowest BCUT2D eigenvalue weighted by Crippen LogP contribution is -2.13. The van der Waals surface area contributed by atoms with Crippen molar-refractivity contribution in [2.75, 3.05) is 29.4 Å². The van der Waals surface area contributed by atoms with Crippen LogP contribution in [-0.2, 0) is 0 Å². The van der Waals surface area contributed by atoms with Gasteiger partial charge in [-0.3, -0.25) is 0 Å². The standard InChI is InChI=1S/C50H42N2.C48H40N2.C44H38N2/c1-3-37(2)38-21-27-47(28-22-38)52(50-20-12-18-43-17-10-11-19-49(43)50)48-35-33-46(34-36-48)51(44-29-23-41(24-30-44)39-13-6-4-7-14-39)45-31-25-42(26-32-45)40-15-8-5-9-16-40;1-3-35(2)36-23-27-41(28-24-36)49(47-21-11-17-39-15-7-9-19-45(39)47)43-31-33-44(34-32-43)50(48-22-12-18-40-16-8-10-20-46(40)48)42-29-25-38(26-30-42)37-13-5-4-6-14-37;1-3-33(2)34-21-25-41(26-22-34)46(44-20-12-16-37-15-10-11-19-43(37)44)42-31-29-40(30-32-42)45(38-17-8-5-9-18-38)39-27-23-36(24-28-39)35-13-6-4-7-14-35/h4-37H,3H2,1-2H3;4-35H,3H2,1-2H3;4-33H,3H2,1-2H3. The number of benzene rings is 23. The van der Waals surface area contributed by atoms with Gasteiger partial charge in [-0.15, -0.1) is 0 Å². The Labute approximate surface area is 872 Å². The van der Waals surface area contributed by atoms with Gasteiger partial charge >= 0.3 is 0 Å². The summed E-state index contributed by atoms with van der Waals surface area (Å²) in [6, 6.07) is 204. The molecule has 6 nitrogen and oxygen atoms in total. The van der Waals surface area contributed by atoms with E-state index in [2.05, 4.69) is 635 Å². The summed E-state index contributed by atoms with van der Waals surface area (Å²) in [5.41, 5.74) is 34.0. The molecule has 0 fully saturated rings. The van der Waals surface area contributed by atoms with Crippen LogP contribution in [0.2, 0.25) is 0 Å². The predicted molar refractivity (Wildman–Crippen MR) is 635 cm³/mol. The molecule has 0 aliphatic rings. The molecule has 0 spiro atoms. The molecule has 0 aliphatic heterocycles. The molecule has 718 valence electrons. The normalized spacial score (nSPS) is 11.7. The predicted octanol–water partition coefficient (Wildman–Crippen LogP) is 41.7. The number of para-hydroxylation sites is 1. The summed E-state index contributed by atoms with van der Waals surface area (Å²) in [5, 5.41) is 9.78. The van der Waals surface area contributed by atoms with Crippen molar-refractivity contribution in [3.05, 3.63) is 581 Å². The van der Waals surface area contributed by atoms with Crippen molar-refractivity contribution in [2.24, 2.45) is 0 Å². The van der Waals surface area contributed by atoms with Gasteiger partial charge in [0, 0.05) is 101 Å². The average Bonchev–Trinajstić information content (AvgIpc) is 0.769. The molecule has 0 bridgehead atoms. The maximum Gasteiger partial charge on any atom is 0.0540 e.